The van der Waals surface area contributed by atoms with E-state index in [0.717, 1.165) is 28.2 Å². The molecule has 1 aromatic heterocycles. The van der Waals surface area contributed by atoms with Gasteiger partial charge in [-0.25, -0.2) is 21.3 Å². The molecular formula is C28H28ClN5O3S. The highest BCUT2D eigenvalue weighted by Crippen LogP contribution is 2.37. The zero-order valence-electron chi connectivity index (χ0n) is 21.0. The van der Waals surface area contributed by atoms with Crippen molar-refractivity contribution >= 4 is 35.3 Å². The van der Waals surface area contributed by atoms with Crippen molar-refractivity contribution in [3.05, 3.63) is 93.4 Å². The van der Waals surface area contributed by atoms with Gasteiger partial charge in [-0.1, -0.05) is 71.9 Å². The summed E-state index contributed by atoms with van der Waals surface area (Å²) in [7, 11) is 0. The third kappa shape index (κ3) is 5.73. The van der Waals surface area contributed by atoms with Gasteiger partial charge in [-0.15, -0.1) is 0 Å². The summed E-state index contributed by atoms with van der Waals surface area (Å²) in [6, 6.07) is 17.0. The zero-order valence-corrected chi connectivity index (χ0v) is 22.6. The largest absolute Gasteiger partial charge is 0.445 e. The van der Waals surface area contributed by atoms with E-state index in [9.17, 15) is 4.79 Å². The normalized spacial score (nSPS) is 19.0. The number of aromatic nitrogens is 2. The topological polar surface area (TPSA) is 72.2 Å². The fourth-order valence-electron chi connectivity index (χ4n) is 4.87. The van der Waals surface area contributed by atoms with Crippen LogP contribution in [0, 0.1) is 6.57 Å². The summed E-state index contributed by atoms with van der Waals surface area (Å²) in [4.78, 5) is 30.0. The maximum Gasteiger partial charge on any atom is 0.410 e. The van der Waals surface area contributed by atoms with Crippen molar-refractivity contribution in [2.45, 2.75) is 36.9 Å². The first-order chi connectivity index (χ1) is 18.6. The van der Waals surface area contributed by atoms with Crippen molar-refractivity contribution in [3.8, 4) is 0 Å². The molecule has 0 aliphatic carbocycles. The van der Waals surface area contributed by atoms with Crippen molar-refractivity contribution in [1.82, 2.24) is 14.9 Å². The Morgan fingerprint density at radius 2 is 1.97 bits per heavy atom. The lowest BCUT2D eigenvalue weighted by molar-refractivity contribution is 0.0256. The number of benzene rings is 2. The van der Waals surface area contributed by atoms with Crippen LogP contribution < -0.4 is 4.90 Å². The number of ether oxygens (including phenoxy) is 2. The SMILES string of the molecule is [C-]#[N+]C[C@H]1CN(c2nc(SC)nc3c2COC(c2ccccc2Cl)C3)CCN1C(=O)OCc1ccccc1. The molecule has 0 N–H and O–H groups in total. The van der Waals surface area contributed by atoms with Crippen molar-refractivity contribution in [2.24, 2.45) is 0 Å². The van der Waals surface area contributed by atoms with Crippen molar-refractivity contribution in [3.63, 3.8) is 0 Å². The van der Waals surface area contributed by atoms with Gasteiger partial charge in [0.05, 0.1) is 18.4 Å². The number of fused-ring (bicyclic) bond motifs is 1. The van der Waals surface area contributed by atoms with E-state index in [0.29, 0.717) is 42.8 Å². The van der Waals surface area contributed by atoms with E-state index in [1.165, 1.54) is 11.8 Å². The Balaban J connectivity index is 1.34. The molecule has 2 aromatic carbocycles. The van der Waals surface area contributed by atoms with Gasteiger partial charge in [0.25, 0.3) is 0 Å². The third-order valence-corrected chi connectivity index (χ3v) is 7.71. The maximum absolute atomic E-state index is 13.0. The summed E-state index contributed by atoms with van der Waals surface area (Å²) in [5.74, 6) is 0.809. The van der Waals surface area contributed by atoms with Gasteiger partial charge in [-0.3, -0.25) is 4.90 Å². The first-order valence-corrected chi connectivity index (χ1v) is 14.0. The van der Waals surface area contributed by atoms with Crippen LogP contribution in [0.3, 0.4) is 0 Å². The molecule has 8 nitrogen and oxygen atoms in total. The lowest BCUT2D eigenvalue weighted by atomic mass is 9.99. The molecule has 0 radical (unpaired) electrons. The molecule has 2 atom stereocenters. The molecule has 0 spiro atoms. The molecule has 1 saturated heterocycles. The van der Waals surface area contributed by atoms with Crippen LogP contribution >= 0.6 is 23.4 Å². The van der Waals surface area contributed by atoms with E-state index >= 15 is 0 Å². The molecule has 2 aliphatic rings. The number of halogens is 1. The summed E-state index contributed by atoms with van der Waals surface area (Å²) in [5, 5.41) is 1.36. The van der Waals surface area contributed by atoms with Crippen LogP contribution in [0.5, 0.6) is 0 Å². The number of piperazine rings is 1. The fourth-order valence-corrected chi connectivity index (χ4v) is 5.51. The molecule has 1 unspecified atom stereocenters. The predicted octanol–water partition coefficient (Wildman–Crippen LogP) is 5.41. The van der Waals surface area contributed by atoms with Gasteiger partial charge in [-0.2, -0.15) is 0 Å². The van der Waals surface area contributed by atoms with Gasteiger partial charge in [0, 0.05) is 36.6 Å². The second-order valence-electron chi connectivity index (χ2n) is 9.16. The fraction of sp³-hybridized carbons (Fsp3) is 0.357. The van der Waals surface area contributed by atoms with Gasteiger partial charge < -0.3 is 19.2 Å². The highest BCUT2D eigenvalue weighted by atomic mass is 35.5. The van der Waals surface area contributed by atoms with Crippen LogP contribution in [0.25, 0.3) is 4.85 Å². The molecule has 38 heavy (non-hydrogen) atoms. The van der Waals surface area contributed by atoms with E-state index in [-0.39, 0.29) is 25.3 Å². The first kappa shape index (κ1) is 26.3. The van der Waals surface area contributed by atoms with Crippen LogP contribution in [0.1, 0.15) is 28.5 Å². The van der Waals surface area contributed by atoms with Gasteiger partial charge >= 0.3 is 6.09 Å². The number of nitrogens with zero attached hydrogens (tertiary/aromatic N) is 5. The Labute approximate surface area is 231 Å². The van der Waals surface area contributed by atoms with E-state index in [1.807, 2.05) is 60.9 Å². The first-order valence-electron chi connectivity index (χ1n) is 12.4. The molecule has 1 amide bonds. The van der Waals surface area contributed by atoms with Crippen LogP contribution in [0.4, 0.5) is 10.6 Å². The van der Waals surface area contributed by atoms with Gasteiger partial charge in [0.15, 0.2) is 5.16 Å². The van der Waals surface area contributed by atoms with Crippen LogP contribution in [0.15, 0.2) is 59.8 Å². The average molecular weight is 550 g/mol. The smallest absolute Gasteiger partial charge is 0.410 e. The number of carbonyl (C=O) groups excluding carboxylic acids is 1. The number of anilines is 1. The maximum atomic E-state index is 13.0. The van der Waals surface area contributed by atoms with E-state index in [1.54, 1.807) is 4.90 Å². The zero-order chi connectivity index (χ0) is 26.5. The standard InChI is InChI=1S/C28H28ClN5O3S/c1-30-15-20-16-33(12-13-34(20)28(35)37-17-19-8-4-3-5-9-19)26-22-18-36-25(21-10-6-7-11-23(21)29)14-24(22)31-27(32-26)38-2/h3-11,20,25H,12-18H2,2H3/t20-,25?/m0/s1. The number of hydrogen-bond acceptors (Lipinski definition) is 7. The highest BCUT2D eigenvalue weighted by Gasteiger charge is 2.36. The number of rotatable bonds is 6. The Morgan fingerprint density at radius 3 is 2.74 bits per heavy atom. The van der Waals surface area contributed by atoms with Gasteiger partial charge in [0.1, 0.15) is 18.5 Å². The summed E-state index contributed by atoms with van der Waals surface area (Å²) >= 11 is 7.94. The lowest BCUT2D eigenvalue weighted by Crippen LogP contribution is -2.57. The third-order valence-electron chi connectivity index (χ3n) is 6.82. The summed E-state index contributed by atoms with van der Waals surface area (Å²) in [6.07, 6.45) is 1.97. The molecule has 196 valence electrons. The van der Waals surface area contributed by atoms with Gasteiger partial charge in [-0.05, 0) is 23.4 Å². The van der Waals surface area contributed by atoms with Crippen LogP contribution in [-0.2, 0) is 29.1 Å². The molecule has 3 heterocycles. The van der Waals surface area contributed by atoms with E-state index < -0.39 is 6.09 Å². The minimum Gasteiger partial charge on any atom is -0.445 e. The van der Waals surface area contributed by atoms with Gasteiger partial charge in [0.2, 0.25) is 6.54 Å². The predicted molar refractivity (Wildman–Crippen MR) is 147 cm³/mol. The quantitative estimate of drug-likeness (QED) is 0.231. The number of thioether (sulfide) groups is 1. The van der Waals surface area contributed by atoms with Crippen LogP contribution in [0.2, 0.25) is 5.02 Å². The Kier molecular flexibility index (Phi) is 8.32. The van der Waals surface area contributed by atoms with E-state index in [4.69, 9.17) is 37.6 Å². The molecule has 2 aliphatic heterocycles. The Morgan fingerprint density at radius 1 is 1.18 bits per heavy atom. The van der Waals surface area contributed by atoms with Crippen LogP contribution in [-0.4, -0.2) is 59.4 Å². The number of amides is 1. The van der Waals surface area contributed by atoms with Crippen molar-refractivity contribution in [2.75, 3.05) is 37.3 Å². The molecule has 1 fully saturated rings. The average Bonchev–Trinajstić information content (AvgIpc) is 2.96. The lowest BCUT2D eigenvalue weighted by Gasteiger charge is -2.40. The minimum absolute atomic E-state index is 0.181. The molecule has 0 bridgehead atoms. The molecular weight excluding hydrogens is 522 g/mol. The van der Waals surface area contributed by atoms with Crippen molar-refractivity contribution in [1.29, 1.82) is 0 Å². The molecule has 10 heteroatoms. The van der Waals surface area contributed by atoms with Crippen molar-refractivity contribution < 1.29 is 14.3 Å². The second-order valence-corrected chi connectivity index (χ2v) is 10.3. The minimum atomic E-state index is -0.400. The number of carbonyl (C=O) groups is 1. The molecule has 0 saturated carbocycles. The molecule has 3 aromatic rings. The Bertz CT molecular complexity index is 1340. The summed E-state index contributed by atoms with van der Waals surface area (Å²) < 4.78 is 11.8. The Hall–Kier alpha value is -3.32. The summed E-state index contributed by atoms with van der Waals surface area (Å²) in [6.45, 7) is 9.71. The number of hydrogen-bond donors (Lipinski definition) is 0. The summed E-state index contributed by atoms with van der Waals surface area (Å²) in [5.41, 5.74) is 3.77. The van der Waals surface area contributed by atoms with E-state index in [2.05, 4.69) is 9.74 Å². The molecule has 5 rings (SSSR count). The second kappa shape index (κ2) is 12.0. The monoisotopic (exact) mass is 549 g/mol. The highest BCUT2D eigenvalue weighted by molar-refractivity contribution is 7.98.